The lowest BCUT2D eigenvalue weighted by Crippen LogP contribution is -2.27. The molecule has 0 fully saturated rings. The van der Waals surface area contributed by atoms with Crippen LogP contribution in [-0.4, -0.2) is 21.8 Å². The van der Waals surface area contributed by atoms with Gasteiger partial charge in [0.15, 0.2) is 0 Å². The normalized spacial score (nSPS) is 14.8. The molecule has 2 heterocycles. The summed E-state index contributed by atoms with van der Waals surface area (Å²) < 4.78 is 0. The number of ketones is 1. The molecule has 0 bridgehead atoms. The fourth-order valence-corrected chi connectivity index (χ4v) is 5.28. The Morgan fingerprint density at radius 1 is 0.744 bits per heavy atom. The molecule has 0 spiro atoms. The summed E-state index contributed by atoms with van der Waals surface area (Å²) in [5, 5.41) is 18.0. The van der Waals surface area contributed by atoms with Gasteiger partial charge < -0.3 is 15.4 Å². The van der Waals surface area contributed by atoms with Crippen LogP contribution in [0.5, 0.6) is 5.75 Å². The highest BCUT2D eigenvalue weighted by molar-refractivity contribution is 6.36. The zero-order chi connectivity index (χ0) is 27.3. The molecule has 6 rings (SSSR count). The third kappa shape index (κ3) is 3.94. The number of hydrogen-bond donors (Lipinski definition) is 3. The number of fused-ring (bicyclic) bond motifs is 6. The number of hydrogen-bond acceptors (Lipinski definition) is 4. The molecule has 3 N–H and O–H groups in total. The number of rotatable bonds is 3. The molecule has 0 saturated heterocycles. The number of aromatic nitrogens is 1. The van der Waals surface area contributed by atoms with Crippen molar-refractivity contribution in [2.45, 2.75) is 13.8 Å². The third-order valence-corrected chi connectivity index (χ3v) is 7.22. The first kappa shape index (κ1) is 24.1. The van der Waals surface area contributed by atoms with E-state index in [1.807, 2.05) is 68.4 Å². The van der Waals surface area contributed by atoms with Crippen molar-refractivity contribution in [2.75, 3.05) is 5.32 Å². The minimum Gasteiger partial charge on any atom is -0.506 e. The molecule has 1 amide bonds. The fourth-order valence-electron chi connectivity index (χ4n) is 5.28. The molecule has 1 aliphatic heterocycles. The first-order valence-electron chi connectivity index (χ1n) is 12.6. The fraction of sp³-hybridized carbons (Fsp3) is 0.0606. The van der Waals surface area contributed by atoms with E-state index in [2.05, 4.69) is 10.3 Å². The molecule has 0 saturated carbocycles. The van der Waals surface area contributed by atoms with Gasteiger partial charge in [0.25, 0.3) is 11.5 Å². The van der Waals surface area contributed by atoms with Gasteiger partial charge in [-0.1, -0.05) is 66.8 Å². The number of nitrogens with one attached hydrogen (secondary N) is 2. The van der Waals surface area contributed by atoms with Crippen molar-refractivity contribution in [3.05, 3.63) is 123 Å². The molecule has 0 aliphatic carbocycles. The van der Waals surface area contributed by atoms with Crippen molar-refractivity contribution in [3.63, 3.8) is 0 Å². The number of carbonyl (C=O) groups excluding carboxylic acids is 2. The number of aromatic hydroxyl groups is 1. The molecule has 4 aromatic carbocycles. The Hall–Kier alpha value is -5.23. The molecule has 0 unspecified atom stereocenters. The second-order valence-corrected chi connectivity index (χ2v) is 9.65. The number of pyridine rings is 1. The van der Waals surface area contributed by atoms with Crippen LogP contribution in [0.2, 0.25) is 0 Å². The van der Waals surface area contributed by atoms with Crippen LogP contribution < -0.4 is 10.9 Å². The Morgan fingerprint density at radius 2 is 1.38 bits per heavy atom. The molecule has 0 radical (unpaired) electrons. The van der Waals surface area contributed by atoms with E-state index in [9.17, 15) is 19.5 Å². The Morgan fingerprint density at radius 3 is 2.13 bits per heavy atom. The zero-order valence-corrected chi connectivity index (χ0v) is 21.3. The molecule has 0 atom stereocenters. The standard InChI is InChI=1S/C33H24N2O4/c1-18-16-26-28(22-12-8-6-10-20(18)22)34-32(38)24(30(26)36)14-4-3-5-15-25-31(37)27-17-19(2)21-11-7-9-13-23(21)29(27)35-33(25)39/h3-17H,1-2H3,(H,34,38)(H2,35,37,39)/b4-3?,15-5?,24-14-. The van der Waals surface area contributed by atoms with Crippen LogP contribution in [0.4, 0.5) is 5.69 Å². The highest BCUT2D eigenvalue weighted by Gasteiger charge is 2.29. The second-order valence-electron chi connectivity index (χ2n) is 9.65. The largest absolute Gasteiger partial charge is 0.506 e. The van der Waals surface area contributed by atoms with Crippen LogP contribution in [-0.2, 0) is 4.79 Å². The number of H-pyrrole nitrogens is 1. The molecule has 190 valence electrons. The summed E-state index contributed by atoms with van der Waals surface area (Å²) in [5.41, 5.74) is 3.24. The average Bonchev–Trinajstić information content (AvgIpc) is 2.93. The van der Waals surface area contributed by atoms with Gasteiger partial charge in [-0.05, 0) is 60.0 Å². The molecular formula is C33H24N2O4. The number of benzene rings is 4. The van der Waals surface area contributed by atoms with Crippen molar-refractivity contribution in [1.29, 1.82) is 0 Å². The zero-order valence-electron chi connectivity index (χ0n) is 21.3. The maximum Gasteiger partial charge on any atom is 0.259 e. The van der Waals surface area contributed by atoms with Gasteiger partial charge in [0, 0.05) is 21.7 Å². The predicted octanol–water partition coefficient (Wildman–Crippen LogP) is 6.49. The van der Waals surface area contributed by atoms with E-state index in [1.165, 1.54) is 12.2 Å². The van der Waals surface area contributed by atoms with Gasteiger partial charge in [0.2, 0.25) is 5.78 Å². The Balaban J connectivity index is 1.31. The van der Waals surface area contributed by atoms with Crippen LogP contribution in [0.3, 0.4) is 0 Å². The molecule has 5 aromatic rings. The summed E-state index contributed by atoms with van der Waals surface area (Å²) in [6.45, 7) is 3.90. The van der Waals surface area contributed by atoms with Gasteiger partial charge in [-0.3, -0.25) is 14.4 Å². The van der Waals surface area contributed by atoms with Crippen LogP contribution in [0.1, 0.15) is 27.0 Å². The smallest absolute Gasteiger partial charge is 0.259 e. The van der Waals surface area contributed by atoms with E-state index >= 15 is 0 Å². The number of amides is 1. The summed E-state index contributed by atoms with van der Waals surface area (Å²) in [7, 11) is 0. The average molecular weight is 513 g/mol. The lowest BCUT2D eigenvalue weighted by molar-refractivity contribution is -0.112. The predicted molar refractivity (Wildman–Crippen MR) is 156 cm³/mol. The lowest BCUT2D eigenvalue weighted by atomic mass is 9.91. The number of allylic oxidation sites excluding steroid dienone is 4. The Kier molecular flexibility index (Phi) is 5.73. The molecule has 6 nitrogen and oxygen atoms in total. The van der Waals surface area contributed by atoms with Gasteiger partial charge >= 0.3 is 0 Å². The highest BCUT2D eigenvalue weighted by Crippen LogP contribution is 2.35. The van der Waals surface area contributed by atoms with Crippen molar-refractivity contribution >= 4 is 55.9 Å². The van der Waals surface area contributed by atoms with E-state index in [-0.39, 0.29) is 22.7 Å². The monoisotopic (exact) mass is 512 g/mol. The number of carbonyl (C=O) groups is 2. The van der Waals surface area contributed by atoms with Gasteiger partial charge in [0.1, 0.15) is 5.75 Å². The summed E-state index contributed by atoms with van der Waals surface area (Å²) in [5.74, 6) is -0.921. The van der Waals surface area contributed by atoms with Gasteiger partial charge in [0.05, 0.1) is 22.3 Å². The molecule has 6 heteroatoms. The van der Waals surface area contributed by atoms with E-state index in [4.69, 9.17) is 0 Å². The van der Waals surface area contributed by atoms with Gasteiger partial charge in [-0.15, -0.1) is 0 Å². The van der Waals surface area contributed by atoms with Crippen molar-refractivity contribution < 1.29 is 14.7 Å². The summed E-state index contributed by atoms with van der Waals surface area (Å²) in [6, 6.07) is 19.0. The van der Waals surface area contributed by atoms with E-state index < -0.39 is 11.5 Å². The minimum atomic E-state index is -0.471. The van der Waals surface area contributed by atoms with Gasteiger partial charge in [-0.2, -0.15) is 0 Å². The van der Waals surface area contributed by atoms with Crippen molar-refractivity contribution in [2.24, 2.45) is 0 Å². The van der Waals surface area contributed by atoms with Crippen molar-refractivity contribution in [1.82, 2.24) is 4.98 Å². The van der Waals surface area contributed by atoms with E-state index in [0.29, 0.717) is 22.2 Å². The summed E-state index contributed by atoms with van der Waals surface area (Å²) in [6.07, 6.45) is 7.70. The first-order valence-corrected chi connectivity index (χ1v) is 12.6. The number of aryl methyl sites for hydroxylation is 2. The maximum absolute atomic E-state index is 13.2. The summed E-state index contributed by atoms with van der Waals surface area (Å²) >= 11 is 0. The number of anilines is 1. The topological polar surface area (TPSA) is 99.3 Å². The number of aromatic amines is 1. The minimum absolute atomic E-state index is 0.0237. The van der Waals surface area contributed by atoms with E-state index in [1.54, 1.807) is 24.3 Å². The Bertz CT molecular complexity index is 2030. The van der Waals surface area contributed by atoms with Crippen LogP contribution in [0.25, 0.3) is 38.5 Å². The first-order chi connectivity index (χ1) is 18.8. The third-order valence-electron chi connectivity index (χ3n) is 7.22. The van der Waals surface area contributed by atoms with Gasteiger partial charge in [-0.25, -0.2) is 0 Å². The molecular weight excluding hydrogens is 488 g/mol. The number of Topliss-reactive ketones (excluding diaryl/α,β-unsaturated/α-hetero) is 1. The molecule has 1 aromatic heterocycles. The van der Waals surface area contributed by atoms with Crippen molar-refractivity contribution in [3.8, 4) is 5.75 Å². The summed E-state index contributed by atoms with van der Waals surface area (Å²) in [4.78, 5) is 41.7. The van der Waals surface area contributed by atoms with Crippen LogP contribution in [0, 0.1) is 13.8 Å². The van der Waals surface area contributed by atoms with Crippen LogP contribution in [0.15, 0.2) is 95.3 Å². The lowest BCUT2D eigenvalue weighted by Gasteiger charge is -2.21. The second kappa shape index (κ2) is 9.26. The van der Waals surface area contributed by atoms with Crippen LogP contribution >= 0.6 is 0 Å². The Labute approximate surface area is 223 Å². The van der Waals surface area contributed by atoms with E-state index in [0.717, 1.165) is 32.7 Å². The SMILES string of the molecule is Cc1cc2c(c3ccccc13)NC(=O)/C(=C\C=CC=Cc1c(O)c3cc(C)c4ccccc4c3[nH]c1=O)C2=O. The molecule has 1 aliphatic rings. The highest BCUT2D eigenvalue weighted by atomic mass is 16.3. The maximum atomic E-state index is 13.2. The quantitative estimate of drug-likeness (QED) is 0.111. The molecule has 39 heavy (non-hydrogen) atoms.